The highest BCUT2D eigenvalue weighted by molar-refractivity contribution is 5.78. The Hall–Kier alpha value is -3.81. The molecule has 4 rings (SSSR count). The zero-order chi connectivity index (χ0) is 21.3. The summed E-state index contributed by atoms with van der Waals surface area (Å²) in [4.78, 5) is 15.4. The predicted octanol–water partition coefficient (Wildman–Crippen LogP) is 6.23. The van der Waals surface area contributed by atoms with E-state index in [9.17, 15) is 18.0 Å². The molecule has 1 heterocycles. The molecule has 0 spiro atoms. The number of hydrogen-bond acceptors (Lipinski definition) is 5. The van der Waals surface area contributed by atoms with E-state index in [-0.39, 0.29) is 5.75 Å². The molecule has 152 valence electrons. The number of alkyl halides is 3. The number of nitrogens with zero attached hydrogens (tertiary/aromatic N) is 1. The van der Waals surface area contributed by atoms with Crippen LogP contribution in [0.2, 0.25) is 0 Å². The van der Waals surface area contributed by atoms with Crippen LogP contribution in [0.1, 0.15) is 12.5 Å². The van der Waals surface area contributed by atoms with Gasteiger partial charge in [0.1, 0.15) is 22.8 Å². The van der Waals surface area contributed by atoms with E-state index in [0.717, 1.165) is 12.1 Å². The van der Waals surface area contributed by atoms with Gasteiger partial charge in [-0.1, -0.05) is 6.07 Å². The number of rotatable bonds is 4. The molecule has 0 fully saturated rings. The first-order valence-electron chi connectivity index (χ1n) is 8.82. The van der Waals surface area contributed by atoms with E-state index >= 15 is 0 Å². The normalized spacial score (nSPS) is 11.5. The summed E-state index contributed by atoms with van der Waals surface area (Å²) in [6.07, 6.45) is -4.45. The standard InChI is InChI=1S/C22H14F3NO4/c1-13(27)28-16-7-5-14(6-8-16)21-26-19-10-9-18(12-20(19)30-21)29-17-4-2-3-15(11-17)22(23,24)25/h2-12H,1H3. The molecule has 3 aromatic carbocycles. The number of esters is 1. The number of aromatic nitrogens is 1. The van der Waals surface area contributed by atoms with Crippen LogP contribution in [0.15, 0.2) is 71.1 Å². The van der Waals surface area contributed by atoms with Crippen molar-refractivity contribution in [1.29, 1.82) is 0 Å². The van der Waals surface area contributed by atoms with Crippen LogP contribution in [-0.4, -0.2) is 11.0 Å². The van der Waals surface area contributed by atoms with Crippen molar-refractivity contribution in [3.63, 3.8) is 0 Å². The maximum atomic E-state index is 12.9. The lowest BCUT2D eigenvalue weighted by molar-refractivity contribution is -0.137. The summed E-state index contributed by atoms with van der Waals surface area (Å²) in [5, 5.41) is 0. The Morgan fingerprint density at radius 3 is 2.33 bits per heavy atom. The minimum atomic E-state index is -4.45. The molecule has 30 heavy (non-hydrogen) atoms. The van der Waals surface area contributed by atoms with E-state index in [2.05, 4.69) is 4.98 Å². The Morgan fingerprint density at radius 1 is 0.933 bits per heavy atom. The Kier molecular flexibility index (Phi) is 4.91. The van der Waals surface area contributed by atoms with Gasteiger partial charge in [-0.15, -0.1) is 0 Å². The fourth-order valence-corrected chi connectivity index (χ4v) is 2.80. The summed E-state index contributed by atoms with van der Waals surface area (Å²) in [5.74, 6) is 0.701. The van der Waals surface area contributed by atoms with Gasteiger partial charge in [-0.05, 0) is 54.6 Å². The molecule has 4 aromatic rings. The molecule has 0 aliphatic rings. The molecule has 0 N–H and O–H groups in total. The molecule has 0 aliphatic carbocycles. The fraction of sp³-hybridized carbons (Fsp3) is 0.0909. The highest BCUT2D eigenvalue weighted by Crippen LogP contribution is 2.34. The SMILES string of the molecule is CC(=O)Oc1ccc(-c2nc3ccc(Oc4cccc(C(F)(F)F)c4)cc3o2)cc1. The number of halogens is 3. The largest absolute Gasteiger partial charge is 0.457 e. The molecule has 0 saturated carbocycles. The smallest absolute Gasteiger partial charge is 0.416 e. The number of oxazole rings is 1. The van der Waals surface area contributed by atoms with Crippen LogP contribution >= 0.6 is 0 Å². The topological polar surface area (TPSA) is 61.6 Å². The fourth-order valence-electron chi connectivity index (χ4n) is 2.80. The van der Waals surface area contributed by atoms with Crippen LogP contribution in [0, 0.1) is 0 Å². The van der Waals surface area contributed by atoms with Gasteiger partial charge in [-0.2, -0.15) is 13.2 Å². The first-order valence-corrected chi connectivity index (χ1v) is 8.82. The van der Waals surface area contributed by atoms with Crippen molar-refractivity contribution in [2.75, 3.05) is 0 Å². The second kappa shape index (κ2) is 7.55. The van der Waals surface area contributed by atoms with Gasteiger partial charge in [-0.25, -0.2) is 4.98 Å². The molecule has 1 aromatic heterocycles. The second-order valence-corrected chi connectivity index (χ2v) is 6.39. The molecule has 0 unspecified atom stereocenters. The average molecular weight is 413 g/mol. The van der Waals surface area contributed by atoms with Crippen molar-refractivity contribution >= 4 is 17.1 Å². The van der Waals surface area contributed by atoms with Crippen LogP contribution in [-0.2, 0) is 11.0 Å². The lowest BCUT2D eigenvalue weighted by Crippen LogP contribution is -2.04. The Balaban J connectivity index is 1.58. The number of carbonyl (C=O) groups excluding carboxylic acids is 1. The maximum Gasteiger partial charge on any atom is 0.416 e. The zero-order valence-corrected chi connectivity index (χ0v) is 15.6. The number of benzene rings is 3. The predicted molar refractivity (Wildman–Crippen MR) is 102 cm³/mol. The van der Waals surface area contributed by atoms with Gasteiger partial charge < -0.3 is 13.9 Å². The monoisotopic (exact) mass is 413 g/mol. The first-order chi connectivity index (χ1) is 14.3. The Labute approximate surface area is 168 Å². The lowest BCUT2D eigenvalue weighted by atomic mass is 10.2. The number of fused-ring (bicyclic) bond motifs is 1. The van der Waals surface area contributed by atoms with Crippen molar-refractivity contribution < 1.29 is 31.9 Å². The minimum absolute atomic E-state index is 0.0602. The molecule has 0 aliphatic heterocycles. The first kappa shape index (κ1) is 19.5. The summed E-state index contributed by atoms with van der Waals surface area (Å²) in [6, 6.07) is 16.1. The molecule has 8 heteroatoms. The van der Waals surface area contributed by atoms with Gasteiger partial charge in [0.15, 0.2) is 5.58 Å². The summed E-state index contributed by atoms with van der Waals surface area (Å²) in [5.41, 5.74) is 0.853. The van der Waals surface area contributed by atoms with Gasteiger partial charge in [0.2, 0.25) is 5.89 Å². The molecule has 0 saturated heterocycles. The van der Waals surface area contributed by atoms with E-state index in [1.165, 1.54) is 19.1 Å². The summed E-state index contributed by atoms with van der Waals surface area (Å²) >= 11 is 0. The van der Waals surface area contributed by atoms with Crippen molar-refractivity contribution in [2.45, 2.75) is 13.1 Å². The summed E-state index contributed by atoms with van der Waals surface area (Å²) < 4.78 is 54.9. The van der Waals surface area contributed by atoms with Crippen molar-refractivity contribution in [3.8, 4) is 28.7 Å². The third-order valence-electron chi connectivity index (χ3n) is 4.12. The Bertz CT molecular complexity index is 1210. The van der Waals surface area contributed by atoms with Crippen molar-refractivity contribution in [1.82, 2.24) is 4.98 Å². The maximum absolute atomic E-state index is 12.9. The van der Waals surface area contributed by atoms with Crippen LogP contribution in [0.5, 0.6) is 17.2 Å². The molecule has 0 bridgehead atoms. The highest BCUT2D eigenvalue weighted by Gasteiger charge is 2.30. The lowest BCUT2D eigenvalue weighted by Gasteiger charge is -2.09. The third kappa shape index (κ3) is 4.27. The van der Waals surface area contributed by atoms with Gasteiger partial charge >= 0.3 is 12.1 Å². The summed E-state index contributed by atoms with van der Waals surface area (Å²) in [6.45, 7) is 1.31. The van der Waals surface area contributed by atoms with Crippen molar-refractivity contribution in [3.05, 3.63) is 72.3 Å². The van der Waals surface area contributed by atoms with E-state index < -0.39 is 17.7 Å². The molecule has 0 amide bonds. The number of hydrogen-bond donors (Lipinski definition) is 0. The molecular formula is C22H14F3NO4. The number of ether oxygens (including phenoxy) is 2. The van der Waals surface area contributed by atoms with Crippen molar-refractivity contribution in [2.24, 2.45) is 0 Å². The molecular weight excluding hydrogens is 399 g/mol. The third-order valence-corrected chi connectivity index (χ3v) is 4.12. The van der Waals surface area contributed by atoms with E-state index in [1.807, 2.05) is 0 Å². The van der Waals surface area contributed by atoms with Crippen LogP contribution < -0.4 is 9.47 Å². The van der Waals surface area contributed by atoms with Gasteiger partial charge in [-0.3, -0.25) is 4.79 Å². The zero-order valence-electron chi connectivity index (χ0n) is 15.6. The second-order valence-electron chi connectivity index (χ2n) is 6.39. The van der Waals surface area contributed by atoms with Gasteiger partial charge in [0, 0.05) is 18.6 Å². The van der Waals surface area contributed by atoms with Gasteiger partial charge in [0.05, 0.1) is 5.56 Å². The van der Waals surface area contributed by atoms with Crippen LogP contribution in [0.4, 0.5) is 13.2 Å². The highest BCUT2D eigenvalue weighted by atomic mass is 19.4. The van der Waals surface area contributed by atoms with Crippen LogP contribution in [0.3, 0.4) is 0 Å². The summed E-state index contributed by atoms with van der Waals surface area (Å²) in [7, 11) is 0. The Morgan fingerprint density at radius 2 is 1.63 bits per heavy atom. The minimum Gasteiger partial charge on any atom is -0.457 e. The van der Waals surface area contributed by atoms with Crippen LogP contribution in [0.25, 0.3) is 22.6 Å². The van der Waals surface area contributed by atoms with E-state index in [4.69, 9.17) is 13.9 Å². The number of carbonyl (C=O) groups is 1. The quantitative estimate of drug-likeness (QED) is 0.293. The molecule has 0 radical (unpaired) electrons. The molecule has 0 atom stereocenters. The molecule has 5 nitrogen and oxygen atoms in total. The van der Waals surface area contributed by atoms with E-state index in [1.54, 1.807) is 42.5 Å². The average Bonchev–Trinajstić information content (AvgIpc) is 3.11. The van der Waals surface area contributed by atoms with E-state index in [0.29, 0.717) is 34.1 Å². The van der Waals surface area contributed by atoms with Gasteiger partial charge in [0.25, 0.3) is 0 Å².